The lowest BCUT2D eigenvalue weighted by molar-refractivity contribution is -0.133. The van der Waals surface area contributed by atoms with E-state index in [1.807, 2.05) is 54.6 Å². The van der Waals surface area contributed by atoms with Gasteiger partial charge in [0.15, 0.2) is 0 Å². The molecule has 0 heterocycles. The number of hydrogen-bond donors (Lipinski definition) is 2. The summed E-state index contributed by atoms with van der Waals surface area (Å²) in [4.78, 5) is 24.5. The predicted molar refractivity (Wildman–Crippen MR) is 100 cm³/mol. The highest BCUT2D eigenvalue weighted by Gasteiger charge is 2.42. The molecule has 25 heavy (non-hydrogen) atoms. The Bertz CT molecular complexity index is 737. The van der Waals surface area contributed by atoms with Gasteiger partial charge in [-0.05, 0) is 42.7 Å². The van der Waals surface area contributed by atoms with Crippen LogP contribution in [0.2, 0.25) is 0 Å². The molecule has 0 atom stereocenters. The van der Waals surface area contributed by atoms with Gasteiger partial charge in [-0.1, -0.05) is 43.2 Å². The summed E-state index contributed by atoms with van der Waals surface area (Å²) in [7, 11) is 0. The van der Waals surface area contributed by atoms with E-state index < -0.39 is 11.4 Å². The van der Waals surface area contributed by atoms with Gasteiger partial charge in [0.25, 0.3) is 0 Å². The second kappa shape index (κ2) is 7.74. The molecule has 0 aromatic heterocycles. The van der Waals surface area contributed by atoms with Gasteiger partial charge in [-0.15, -0.1) is 11.8 Å². The molecule has 2 N–H and O–H groups in total. The maximum atomic E-state index is 13.0. The molecular weight excluding hydrogens is 334 g/mol. The molecule has 2 aromatic carbocycles. The SMILES string of the molecule is O=C(O)CSc1ccc(NC(=O)C2(c3ccccc3)CCCC2)cc1. The van der Waals surface area contributed by atoms with Crippen molar-refractivity contribution in [3.8, 4) is 0 Å². The number of anilines is 1. The van der Waals surface area contributed by atoms with Crippen molar-refractivity contribution in [1.29, 1.82) is 0 Å². The van der Waals surface area contributed by atoms with E-state index in [1.54, 1.807) is 0 Å². The molecule has 1 aliphatic carbocycles. The molecule has 0 saturated heterocycles. The monoisotopic (exact) mass is 355 g/mol. The predicted octanol–water partition coefficient (Wildman–Crippen LogP) is 4.31. The van der Waals surface area contributed by atoms with Gasteiger partial charge < -0.3 is 10.4 Å². The van der Waals surface area contributed by atoms with E-state index in [0.717, 1.165) is 41.8 Å². The van der Waals surface area contributed by atoms with Crippen molar-refractivity contribution in [2.75, 3.05) is 11.1 Å². The minimum absolute atomic E-state index is 0.0306. The van der Waals surface area contributed by atoms with Gasteiger partial charge in [0.05, 0.1) is 11.2 Å². The fourth-order valence-electron chi connectivity index (χ4n) is 3.41. The van der Waals surface area contributed by atoms with E-state index in [9.17, 15) is 9.59 Å². The van der Waals surface area contributed by atoms with Crippen molar-refractivity contribution in [3.05, 3.63) is 60.2 Å². The third kappa shape index (κ3) is 4.04. The van der Waals surface area contributed by atoms with Crippen LogP contribution in [-0.4, -0.2) is 22.7 Å². The summed E-state index contributed by atoms with van der Waals surface area (Å²) in [5.41, 5.74) is 1.38. The first-order valence-electron chi connectivity index (χ1n) is 8.42. The molecule has 0 radical (unpaired) electrons. The van der Waals surface area contributed by atoms with Crippen LogP contribution >= 0.6 is 11.8 Å². The molecule has 2 aromatic rings. The summed E-state index contributed by atoms with van der Waals surface area (Å²) in [6.45, 7) is 0. The maximum Gasteiger partial charge on any atom is 0.313 e. The number of carbonyl (C=O) groups is 2. The van der Waals surface area contributed by atoms with Crippen LogP contribution in [0.25, 0.3) is 0 Å². The molecule has 0 aliphatic heterocycles. The lowest BCUT2D eigenvalue weighted by Crippen LogP contribution is -2.37. The van der Waals surface area contributed by atoms with Gasteiger partial charge in [-0.25, -0.2) is 0 Å². The van der Waals surface area contributed by atoms with Crippen molar-refractivity contribution in [1.82, 2.24) is 0 Å². The quantitative estimate of drug-likeness (QED) is 0.758. The Hall–Kier alpha value is -2.27. The summed E-state index contributed by atoms with van der Waals surface area (Å²) in [6, 6.07) is 17.4. The van der Waals surface area contributed by atoms with Gasteiger partial charge in [0.2, 0.25) is 5.91 Å². The Morgan fingerprint density at radius 1 is 1.00 bits per heavy atom. The lowest BCUT2D eigenvalue weighted by atomic mass is 9.78. The zero-order valence-corrected chi connectivity index (χ0v) is 14.7. The normalized spacial score (nSPS) is 15.7. The number of carboxylic acids is 1. The molecule has 0 bridgehead atoms. The zero-order valence-electron chi connectivity index (χ0n) is 13.9. The van der Waals surface area contributed by atoms with Crippen LogP contribution in [0.3, 0.4) is 0 Å². The van der Waals surface area contributed by atoms with Crippen molar-refractivity contribution in [2.45, 2.75) is 36.0 Å². The summed E-state index contributed by atoms with van der Waals surface area (Å²) >= 11 is 1.27. The molecule has 1 saturated carbocycles. The average Bonchev–Trinajstić information content (AvgIpc) is 3.13. The van der Waals surface area contributed by atoms with Gasteiger partial charge in [0, 0.05) is 10.6 Å². The van der Waals surface area contributed by atoms with Crippen LogP contribution in [0.5, 0.6) is 0 Å². The second-order valence-corrected chi connectivity index (χ2v) is 7.36. The van der Waals surface area contributed by atoms with Gasteiger partial charge in [0.1, 0.15) is 0 Å². The molecular formula is C20H21NO3S. The highest BCUT2D eigenvalue weighted by molar-refractivity contribution is 8.00. The first-order chi connectivity index (χ1) is 12.1. The third-order valence-corrected chi connectivity index (χ3v) is 5.69. The van der Waals surface area contributed by atoms with Crippen LogP contribution in [-0.2, 0) is 15.0 Å². The van der Waals surface area contributed by atoms with E-state index in [-0.39, 0.29) is 11.7 Å². The van der Waals surface area contributed by atoms with Crippen LogP contribution < -0.4 is 5.32 Å². The summed E-state index contributed by atoms with van der Waals surface area (Å²) in [5, 5.41) is 11.8. The summed E-state index contributed by atoms with van der Waals surface area (Å²) in [5.74, 6) is -0.765. The fourth-order valence-corrected chi connectivity index (χ4v) is 4.03. The number of nitrogens with one attached hydrogen (secondary N) is 1. The topological polar surface area (TPSA) is 66.4 Å². The Balaban J connectivity index is 1.73. The Kier molecular flexibility index (Phi) is 5.43. The Morgan fingerprint density at radius 2 is 1.64 bits per heavy atom. The smallest absolute Gasteiger partial charge is 0.313 e. The number of amides is 1. The Labute approximate surface area is 151 Å². The van der Waals surface area contributed by atoms with Crippen LogP contribution in [0.1, 0.15) is 31.2 Å². The molecule has 1 fully saturated rings. The minimum Gasteiger partial charge on any atom is -0.481 e. The van der Waals surface area contributed by atoms with Crippen LogP contribution in [0.4, 0.5) is 5.69 Å². The fraction of sp³-hybridized carbons (Fsp3) is 0.300. The average molecular weight is 355 g/mol. The van der Waals surface area contributed by atoms with Crippen molar-refractivity contribution < 1.29 is 14.7 Å². The molecule has 0 spiro atoms. The number of benzene rings is 2. The number of thioether (sulfide) groups is 1. The number of aliphatic carboxylic acids is 1. The molecule has 3 rings (SSSR count). The first kappa shape index (κ1) is 17.5. The minimum atomic E-state index is -0.839. The van der Waals surface area contributed by atoms with Crippen molar-refractivity contribution in [2.24, 2.45) is 0 Å². The zero-order chi connectivity index (χ0) is 17.7. The molecule has 4 nitrogen and oxygen atoms in total. The van der Waals surface area contributed by atoms with Crippen molar-refractivity contribution >= 4 is 29.3 Å². The highest BCUT2D eigenvalue weighted by Crippen LogP contribution is 2.42. The van der Waals surface area contributed by atoms with E-state index in [4.69, 9.17) is 5.11 Å². The molecule has 5 heteroatoms. The standard InChI is InChI=1S/C20H21NO3S/c22-18(23)14-25-17-10-8-16(9-11-17)21-19(24)20(12-4-5-13-20)15-6-2-1-3-7-15/h1-3,6-11H,4-5,12-14H2,(H,21,24)(H,22,23). The molecule has 1 amide bonds. The second-order valence-electron chi connectivity index (χ2n) is 6.32. The van der Waals surface area contributed by atoms with Gasteiger partial charge in [-0.2, -0.15) is 0 Å². The summed E-state index contributed by atoms with van der Waals surface area (Å²) < 4.78 is 0. The largest absolute Gasteiger partial charge is 0.481 e. The highest BCUT2D eigenvalue weighted by atomic mass is 32.2. The van der Waals surface area contributed by atoms with E-state index >= 15 is 0 Å². The molecule has 1 aliphatic rings. The number of carboxylic acid groups (broad SMARTS) is 1. The van der Waals surface area contributed by atoms with Gasteiger partial charge >= 0.3 is 5.97 Å². The number of hydrogen-bond acceptors (Lipinski definition) is 3. The van der Waals surface area contributed by atoms with E-state index in [0.29, 0.717) is 0 Å². The van der Waals surface area contributed by atoms with E-state index in [1.165, 1.54) is 11.8 Å². The first-order valence-corrected chi connectivity index (χ1v) is 9.40. The van der Waals surface area contributed by atoms with Crippen LogP contribution in [0.15, 0.2) is 59.5 Å². The lowest BCUT2D eigenvalue weighted by Gasteiger charge is -2.28. The molecule has 130 valence electrons. The summed E-state index contributed by atoms with van der Waals surface area (Å²) in [6.07, 6.45) is 3.87. The van der Waals surface area contributed by atoms with E-state index in [2.05, 4.69) is 5.32 Å². The van der Waals surface area contributed by atoms with Crippen LogP contribution in [0, 0.1) is 0 Å². The number of rotatable bonds is 6. The third-order valence-electron chi connectivity index (χ3n) is 4.69. The van der Waals surface area contributed by atoms with Crippen molar-refractivity contribution in [3.63, 3.8) is 0 Å². The van der Waals surface area contributed by atoms with Gasteiger partial charge in [-0.3, -0.25) is 9.59 Å². The maximum absolute atomic E-state index is 13.0. The number of carbonyl (C=O) groups excluding carboxylic acids is 1. The molecule has 0 unspecified atom stereocenters. The Morgan fingerprint density at radius 3 is 2.24 bits per heavy atom.